The summed E-state index contributed by atoms with van der Waals surface area (Å²) in [7, 11) is 1.62. The quantitative estimate of drug-likeness (QED) is 0.920. The van der Waals surface area contributed by atoms with E-state index in [1.165, 1.54) is 0 Å². The maximum atomic E-state index is 12.5. The lowest BCUT2D eigenvalue weighted by Gasteiger charge is -2.18. The van der Waals surface area contributed by atoms with Crippen molar-refractivity contribution in [3.8, 4) is 17.0 Å². The summed E-state index contributed by atoms with van der Waals surface area (Å²) in [4.78, 5) is 12.5. The van der Waals surface area contributed by atoms with Gasteiger partial charge in [0.25, 0.3) is 5.56 Å². The van der Waals surface area contributed by atoms with Crippen LogP contribution in [0.1, 0.15) is 19.4 Å². The summed E-state index contributed by atoms with van der Waals surface area (Å²) in [5, 5.41) is 9.30. The van der Waals surface area contributed by atoms with Crippen LogP contribution in [0, 0.1) is 5.92 Å². The van der Waals surface area contributed by atoms with Gasteiger partial charge in [0.1, 0.15) is 5.75 Å². The zero-order valence-corrected chi connectivity index (χ0v) is 12.7. The lowest BCUT2D eigenvalue weighted by Crippen LogP contribution is -2.27. The third-order valence-electron chi connectivity index (χ3n) is 3.35. The van der Waals surface area contributed by atoms with Crippen molar-refractivity contribution in [2.75, 3.05) is 7.11 Å². The average Bonchev–Trinajstić information content (AvgIpc) is 2.49. The molecule has 0 fully saturated rings. The second-order valence-electron chi connectivity index (χ2n) is 5.41. The maximum Gasteiger partial charge on any atom is 0.256 e. The van der Waals surface area contributed by atoms with E-state index in [0.717, 1.165) is 17.0 Å². The fourth-order valence-corrected chi connectivity index (χ4v) is 2.38. The van der Waals surface area contributed by atoms with Crippen molar-refractivity contribution in [3.05, 3.63) is 52.3 Å². The van der Waals surface area contributed by atoms with E-state index in [9.17, 15) is 9.90 Å². The number of nitrogens with zero attached hydrogens (tertiary/aromatic N) is 1. The Kier molecular flexibility index (Phi) is 4.81. The standard InChI is InChI=1S/C17H21NO3/c1-12(2)10-18-15(9-8-13(11-19)17(18)20)14-6-4-5-7-16(14)21-3/h4-9,12,19H,10-11H2,1-3H3. The van der Waals surface area contributed by atoms with Crippen molar-refractivity contribution in [2.24, 2.45) is 5.92 Å². The predicted octanol–water partition coefficient (Wildman–Crippen LogP) is 2.67. The molecule has 0 atom stereocenters. The highest BCUT2D eigenvalue weighted by molar-refractivity contribution is 5.67. The van der Waals surface area contributed by atoms with Crippen LogP contribution in [0.2, 0.25) is 0 Å². The van der Waals surface area contributed by atoms with Gasteiger partial charge in [-0.05, 0) is 30.2 Å². The van der Waals surface area contributed by atoms with Crippen LogP contribution in [0.4, 0.5) is 0 Å². The van der Waals surface area contributed by atoms with Crippen LogP contribution in [0.15, 0.2) is 41.2 Å². The molecule has 4 nitrogen and oxygen atoms in total. The van der Waals surface area contributed by atoms with Crippen LogP contribution in [-0.2, 0) is 13.2 Å². The molecular weight excluding hydrogens is 266 g/mol. The van der Waals surface area contributed by atoms with Gasteiger partial charge in [-0.1, -0.05) is 26.0 Å². The summed E-state index contributed by atoms with van der Waals surface area (Å²) in [6, 6.07) is 11.2. The molecule has 0 saturated carbocycles. The smallest absolute Gasteiger partial charge is 0.256 e. The first kappa shape index (κ1) is 15.3. The maximum absolute atomic E-state index is 12.5. The minimum absolute atomic E-state index is 0.144. The molecule has 2 rings (SSSR count). The van der Waals surface area contributed by atoms with Gasteiger partial charge in [-0.15, -0.1) is 0 Å². The second-order valence-corrected chi connectivity index (χ2v) is 5.41. The molecule has 112 valence electrons. The molecular formula is C17H21NO3. The third-order valence-corrected chi connectivity index (χ3v) is 3.35. The van der Waals surface area contributed by atoms with Crippen LogP contribution in [0.5, 0.6) is 5.75 Å². The van der Waals surface area contributed by atoms with Crippen LogP contribution in [-0.4, -0.2) is 16.8 Å². The monoisotopic (exact) mass is 287 g/mol. The number of aliphatic hydroxyl groups is 1. The van der Waals surface area contributed by atoms with Crippen molar-refractivity contribution < 1.29 is 9.84 Å². The molecule has 0 spiro atoms. The fourth-order valence-electron chi connectivity index (χ4n) is 2.38. The number of hydrogen-bond donors (Lipinski definition) is 1. The Morgan fingerprint density at radius 2 is 1.90 bits per heavy atom. The SMILES string of the molecule is COc1ccccc1-c1ccc(CO)c(=O)n1CC(C)C. The van der Waals surface area contributed by atoms with Crippen molar-refractivity contribution >= 4 is 0 Å². The first-order valence-electron chi connectivity index (χ1n) is 7.05. The minimum Gasteiger partial charge on any atom is -0.496 e. The van der Waals surface area contributed by atoms with Crippen LogP contribution in [0.3, 0.4) is 0 Å². The summed E-state index contributed by atoms with van der Waals surface area (Å²) < 4.78 is 7.11. The van der Waals surface area contributed by atoms with Gasteiger partial charge in [0.05, 0.1) is 19.4 Å². The van der Waals surface area contributed by atoms with Gasteiger partial charge in [0.15, 0.2) is 0 Å². The van der Waals surface area contributed by atoms with Gasteiger partial charge in [-0.2, -0.15) is 0 Å². The number of aromatic nitrogens is 1. The summed E-state index contributed by atoms with van der Waals surface area (Å²) in [6.45, 7) is 4.47. The number of aliphatic hydroxyl groups excluding tert-OH is 1. The van der Waals surface area contributed by atoms with Crippen molar-refractivity contribution in [1.82, 2.24) is 4.57 Å². The number of benzene rings is 1. The van der Waals surface area contributed by atoms with Gasteiger partial charge < -0.3 is 14.4 Å². The lowest BCUT2D eigenvalue weighted by molar-refractivity contribution is 0.278. The lowest BCUT2D eigenvalue weighted by atomic mass is 10.1. The number of methoxy groups -OCH3 is 1. The van der Waals surface area contributed by atoms with E-state index in [4.69, 9.17) is 4.74 Å². The van der Waals surface area contributed by atoms with Gasteiger partial charge in [0.2, 0.25) is 0 Å². The van der Waals surface area contributed by atoms with E-state index in [1.807, 2.05) is 30.3 Å². The molecule has 0 unspecified atom stereocenters. The fraction of sp³-hybridized carbons (Fsp3) is 0.353. The van der Waals surface area contributed by atoms with E-state index in [1.54, 1.807) is 17.7 Å². The highest BCUT2D eigenvalue weighted by Crippen LogP contribution is 2.29. The highest BCUT2D eigenvalue weighted by Gasteiger charge is 2.14. The molecule has 0 aliphatic carbocycles. The Balaban J connectivity index is 2.68. The number of hydrogen-bond acceptors (Lipinski definition) is 3. The van der Waals surface area contributed by atoms with E-state index in [0.29, 0.717) is 18.0 Å². The summed E-state index contributed by atoms with van der Waals surface area (Å²) >= 11 is 0. The largest absolute Gasteiger partial charge is 0.496 e. The molecule has 21 heavy (non-hydrogen) atoms. The number of para-hydroxylation sites is 1. The van der Waals surface area contributed by atoms with Gasteiger partial charge >= 0.3 is 0 Å². The average molecular weight is 287 g/mol. The van der Waals surface area contributed by atoms with Crippen molar-refractivity contribution in [1.29, 1.82) is 0 Å². The topological polar surface area (TPSA) is 51.5 Å². The van der Waals surface area contributed by atoms with E-state index >= 15 is 0 Å². The number of ether oxygens (including phenoxy) is 1. The van der Waals surface area contributed by atoms with Crippen molar-refractivity contribution in [2.45, 2.75) is 27.0 Å². The second kappa shape index (κ2) is 6.59. The third kappa shape index (κ3) is 3.16. The molecule has 0 bridgehead atoms. The Morgan fingerprint density at radius 3 is 2.52 bits per heavy atom. The molecule has 1 aromatic carbocycles. The Labute approximate surface area is 124 Å². The first-order valence-corrected chi connectivity index (χ1v) is 7.05. The first-order chi connectivity index (χ1) is 10.1. The van der Waals surface area contributed by atoms with Crippen LogP contribution in [0.25, 0.3) is 11.3 Å². The zero-order valence-electron chi connectivity index (χ0n) is 12.7. The minimum atomic E-state index is -0.247. The van der Waals surface area contributed by atoms with Gasteiger partial charge in [0, 0.05) is 17.7 Å². The molecule has 0 aliphatic heterocycles. The molecule has 0 amide bonds. The molecule has 2 aromatic rings. The van der Waals surface area contributed by atoms with E-state index in [-0.39, 0.29) is 12.2 Å². The Morgan fingerprint density at radius 1 is 1.19 bits per heavy atom. The van der Waals surface area contributed by atoms with Crippen molar-refractivity contribution in [3.63, 3.8) is 0 Å². The van der Waals surface area contributed by atoms with E-state index in [2.05, 4.69) is 13.8 Å². The molecule has 0 aliphatic rings. The van der Waals surface area contributed by atoms with Gasteiger partial charge in [-0.3, -0.25) is 4.79 Å². The van der Waals surface area contributed by atoms with Crippen LogP contribution >= 0.6 is 0 Å². The molecule has 1 heterocycles. The molecule has 4 heteroatoms. The highest BCUT2D eigenvalue weighted by atomic mass is 16.5. The Bertz CT molecular complexity index is 674. The molecule has 1 N–H and O–H groups in total. The molecule has 0 saturated heterocycles. The number of pyridine rings is 1. The molecule has 1 aromatic heterocycles. The normalized spacial score (nSPS) is 10.9. The van der Waals surface area contributed by atoms with Crippen LogP contribution < -0.4 is 10.3 Å². The molecule has 0 radical (unpaired) electrons. The van der Waals surface area contributed by atoms with Gasteiger partial charge in [-0.25, -0.2) is 0 Å². The van der Waals surface area contributed by atoms with E-state index < -0.39 is 0 Å². The summed E-state index contributed by atoms with van der Waals surface area (Å²) in [6.07, 6.45) is 0. The summed E-state index contributed by atoms with van der Waals surface area (Å²) in [5.74, 6) is 1.05. The Hall–Kier alpha value is -2.07. The zero-order chi connectivity index (χ0) is 15.4. The summed E-state index contributed by atoms with van der Waals surface area (Å²) in [5.41, 5.74) is 1.95. The number of rotatable bonds is 5. The predicted molar refractivity (Wildman–Crippen MR) is 83.5 cm³/mol.